The predicted molar refractivity (Wildman–Crippen MR) is 66.2 cm³/mol. The molecule has 0 unspecified atom stereocenters. The van der Waals surface area contributed by atoms with Crippen LogP contribution in [0.1, 0.15) is 12.8 Å². The first kappa shape index (κ1) is 12.5. The van der Waals surface area contributed by atoms with Gasteiger partial charge < -0.3 is 5.32 Å². The summed E-state index contributed by atoms with van der Waals surface area (Å²) in [6, 6.07) is 6.46. The number of benzene rings is 1. The fourth-order valence-electron chi connectivity index (χ4n) is 1.58. The van der Waals surface area contributed by atoms with Crippen molar-refractivity contribution in [1.82, 2.24) is 5.43 Å². The Morgan fingerprint density at radius 2 is 2.11 bits per heavy atom. The number of nitrogens with zero attached hydrogens (tertiary/aromatic N) is 1. The average molecular weight is 268 g/mol. The largest absolute Gasteiger partial charge is 0.342 e. The van der Waals surface area contributed by atoms with Crippen LogP contribution in [0.2, 0.25) is 0 Å². The molecule has 1 aliphatic heterocycles. The first-order chi connectivity index (χ1) is 8.53. The fraction of sp³-hybridized carbons (Fsp3) is 0.200. The molecule has 1 aromatic carbocycles. The molecule has 0 radical (unpaired) electrons. The van der Waals surface area contributed by atoms with Crippen LogP contribution >= 0.6 is 0 Å². The standard InChI is InChI=1S/C10H12N4O3S/c11-13-10(15)6-5-9-12-7-3-1-2-4-8(7)18(16,17)14-9/h1-4H,5-6,11H2,(H,12,14)(H,13,15). The van der Waals surface area contributed by atoms with Crippen molar-refractivity contribution >= 4 is 27.5 Å². The molecule has 4 N–H and O–H groups in total. The summed E-state index contributed by atoms with van der Waals surface area (Å²) in [6.07, 6.45) is 0.247. The number of hydrogen-bond donors (Lipinski definition) is 3. The smallest absolute Gasteiger partial charge is 0.286 e. The normalized spacial score (nSPS) is 16.2. The summed E-state index contributed by atoms with van der Waals surface area (Å²) in [5.74, 6) is 4.79. The molecule has 1 aromatic rings. The number of amides is 1. The van der Waals surface area contributed by atoms with Crippen molar-refractivity contribution < 1.29 is 13.2 Å². The number of hydrazine groups is 1. The van der Waals surface area contributed by atoms with E-state index in [9.17, 15) is 13.2 Å². The zero-order valence-electron chi connectivity index (χ0n) is 9.38. The number of amidine groups is 1. The highest BCUT2D eigenvalue weighted by Gasteiger charge is 2.24. The Morgan fingerprint density at radius 3 is 2.83 bits per heavy atom. The molecule has 96 valence electrons. The molecule has 1 amide bonds. The van der Waals surface area contributed by atoms with Crippen LogP contribution < -0.4 is 16.6 Å². The minimum absolute atomic E-state index is 0.0695. The lowest BCUT2D eigenvalue weighted by Gasteiger charge is -2.17. The van der Waals surface area contributed by atoms with Crippen molar-refractivity contribution in [3.63, 3.8) is 0 Å². The summed E-state index contributed by atoms with van der Waals surface area (Å²) in [7, 11) is -3.68. The van der Waals surface area contributed by atoms with Crippen LogP contribution in [0, 0.1) is 0 Å². The van der Waals surface area contributed by atoms with Gasteiger partial charge in [0.05, 0.1) is 5.69 Å². The van der Waals surface area contributed by atoms with Crippen LogP contribution in [0.4, 0.5) is 5.69 Å². The number of sulfonamides is 1. The molecule has 1 heterocycles. The van der Waals surface area contributed by atoms with E-state index >= 15 is 0 Å². The highest BCUT2D eigenvalue weighted by Crippen LogP contribution is 2.27. The highest BCUT2D eigenvalue weighted by molar-refractivity contribution is 7.90. The second-order valence-electron chi connectivity index (χ2n) is 3.70. The SMILES string of the molecule is NNC(=O)CCC1=NS(=O)(=O)c2ccccc2N1. The van der Waals surface area contributed by atoms with Gasteiger partial charge in [0.15, 0.2) is 0 Å². The molecule has 1 aliphatic rings. The zero-order chi connectivity index (χ0) is 13.2. The van der Waals surface area contributed by atoms with Crippen LogP contribution in [0.25, 0.3) is 0 Å². The van der Waals surface area contributed by atoms with E-state index in [0.29, 0.717) is 5.69 Å². The Labute approximate surface area is 104 Å². The van der Waals surface area contributed by atoms with Crippen LogP contribution in [0.15, 0.2) is 33.6 Å². The molecule has 0 aliphatic carbocycles. The van der Waals surface area contributed by atoms with Gasteiger partial charge in [-0.25, -0.2) is 5.84 Å². The summed E-state index contributed by atoms with van der Waals surface area (Å²) in [5.41, 5.74) is 2.44. The molecule has 0 fully saturated rings. The number of carbonyl (C=O) groups excluding carboxylic acids is 1. The van der Waals surface area contributed by atoms with E-state index < -0.39 is 10.0 Å². The van der Waals surface area contributed by atoms with Gasteiger partial charge in [-0.3, -0.25) is 10.2 Å². The second-order valence-corrected chi connectivity index (χ2v) is 5.27. The molecule has 18 heavy (non-hydrogen) atoms. The van der Waals surface area contributed by atoms with Crippen molar-refractivity contribution in [3.05, 3.63) is 24.3 Å². The maximum atomic E-state index is 11.8. The highest BCUT2D eigenvalue weighted by atomic mass is 32.2. The molecule has 0 spiro atoms. The Bertz CT molecular complexity index is 609. The average Bonchev–Trinajstić information content (AvgIpc) is 2.35. The van der Waals surface area contributed by atoms with E-state index in [2.05, 4.69) is 9.71 Å². The van der Waals surface area contributed by atoms with Gasteiger partial charge in [-0.05, 0) is 12.1 Å². The molecule has 0 saturated heterocycles. The minimum atomic E-state index is -3.68. The Balaban J connectivity index is 2.23. The van der Waals surface area contributed by atoms with Crippen molar-refractivity contribution in [2.75, 3.05) is 5.32 Å². The number of nitrogens with two attached hydrogens (primary N) is 1. The van der Waals surface area contributed by atoms with Crippen LogP contribution in [-0.2, 0) is 14.8 Å². The maximum absolute atomic E-state index is 11.8. The molecular weight excluding hydrogens is 256 g/mol. The topological polar surface area (TPSA) is 114 Å². The van der Waals surface area contributed by atoms with Gasteiger partial charge in [-0.2, -0.15) is 8.42 Å². The molecule has 0 aromatic heterocycles. The van der Waals surface area contributed by atoms with Crippen LogP contribution in [0.3, 0.4) is 0 Å². The van der Waals surface area contributed by atoms with E-state index in [-0.39, 0.29) is 29.5 Å². The molecule has 0 saturated carbocycles. The zero-order valence-corrected chi connectivity index (χ0v) is 10.2. The third-order valence-corrected chi connectivity index (χ3v) is 3.80. The lowest BCUT2D eigenvalue weighted by atomic mass is 10.2. The Hall–Kier alpha value is -1.93. The summed E-state index contributed by atoms with van der Waals surface area (Å²) >= 11 is 0. The van der Waals surface area contributed by atoms with Gasteiger partial charge in [0.1, 0.15) is 10.7 Å². The van der Waals surface area contributed by atoms with Crippen molar-refractivity contribution in [1.29, 1.82) is 0 Å². The molecule has 0 bridgehead atoms. The van der Waals surface area contributed by atoms with E-state index in [0.717, 1.165) is 0 Å². The predicted octanol–water partition coefficient (Wildman–Crippen LogP) is -0.0306. The first-order valence-electron chi connectivity index (χ1n) is 5.22. The summed E-state index contributed by atoms with van der Waals surface area (Å²) in [6.45, 7) is 0. The molecular formula is C10H12N4O3S. The quantitative estimate of drug-likeness (QED) is 0.404. The van der Waals surface area contributed by atoms with Crippen molar-refractivity contribution in [2.45, 2.75) is 17.7 Å². The van der Waals surface area contributed by atoms with E-state index in [1.54, 1.807) is 18.2 Å². The van der Waals surface area contributed by atoms with Gasteiger partial charge in [0.25, 0.3) is 10.0 Å². The number of nitrogens with one attached hydrogen (secondary N) is 2. The number of hydrogen-bond acceptors (Lipinski definition) is 5. The first-order valence-corrected chi connectivity index (χ1v) is 6.66. The lowest BCUT2D eigenvalue weighted by Crippen LogP contribution is -2.31. The summed E-state index contributed by atoms with van der Waals surface area (Å²) < 4.78 is 27.3. The number of para-hydroxylation sites is 1. The number of fused-ring (bicyclic) bond motifs is 1. The van der Waals surface area contributed by atoms with E-state index in [1.165, 1.54) is 6.07 Å². The molecule has 8 heteroatoms. The Kier molecular flexibility index (Phi) is 3.30. The van der Waals surface area contributed by atoms with E-state index in [4.69, 9.17) is 5.84 Å². The van der Waals surface area contributed by atoms with Crippen molar-refractivity contribution in [2.24, 2.45) is 10.2 Å². The Morgan fingerprint density at radius 1 is 1.39 bits per heavy atom. The number of carbonyl (C=O) groups is 1. The van der Waals surface area contributed by atoms with Gasteiger partial charge in [0.2, 0.25) is 5.91 Å². The van der Waals surface area contributed by atoms with E-state index in [1.807, 2.05) is 5.43 Å². The van der Waals surface area contributed by atoms with Gasteiger partial charge in [-0.1, -0.05) is 12.1 Å². The second kappa shape index (κ2) is 4.75. The van der Waals surface area contributed by atoms with Gasteiger partial charge in [-0.15, -0.1) is 4.40 Å². The fourth-order valence-corrected chi connectivity index (χ4v) is 2.75. The third-order valence-electron chi connectivity index (χ3n) is 2.42. The van der Waals surface area contributed by atoms with Gasteiger partial charge >= 0.3 is 0 Å². The monoisotopic (exact) mass is 268 g/mol. The van der Waals surface area contributed by atoms with Crippen molar-refractivity contribution in [3.8, 4) is 0 Å². The van der Waals surface area contributed by atoms with Crippen LogP contribution in [0.5, 0.6) is 0 Å². The van der Waals surface area contributed by atoms with Crippen LogP contribution in [-0.4, -0.2) is 20.2 Å². The minimum Gasteiger partial charge on any atom is -0.342 e. The summed E-state index contributed by atoms with van der Waals surface area (Å²) in [4.78, 5) is 11.1. The molecule has 0 atom stereocenters. The molecule has 2 rings (SSSR count). The third kappa shape index (κ3) is 2.49. The number of rotatable bonds is 3. The van der Waals surface area contributed by atoms with Gasteiger partial charge in [0, 0.05) is 12.8 Å². The molecule has 7 nitrogen and oxygen atoms in total. The maximum Gasteiger partial charge on any atom is 0.286 e. The number of anilines is 1. The lowest BCUT2D eigenvalue weighted by molar-refractivity contribution is -0.121. The summed E-state index contributed by atoms with van der Waals surface area (Å²) in [5, 5.41) is 2.88.